The van der Waals surface area contributed by atoms with Crippen LogP contribution in [-0.4, -0.2) is 12.1 Å². The van der Waals surface area contributed by atoms with Crippen molar-refractivity contribution in [1.29, 1.82) is 0 Å². The number of hydrogen-bond donors (Lipinski definition) is 1. The third-order valence-electron chi connectivity index (χ3n) is 2.02. The van der Waals surface area contributed by atoms with Crippen LogP contribution < -0.4 is 10.1 Å². The summed E-state index contributed by atoms with van der Waals surface area (Å²) in [5.74, 6) is -2.58. The van der Waals surface area contributed by atoms with Gasteiger partial charge < -0.3 is 10.1 Å². The second-order valence-corrected chi connectivity index (χ2v) is 3.36. The molecule has 0 atom stereocenters. The van der Waals surface area contributed by atoms with Crippen molar-refractivity contribution in [1.82, 2.24) is 5.32 Å². The van der Waals surface area contributed by atoms with Crippen LogP contribution in [0.4, 0.5) is 13.6 Å². The molecule has 0 heterocycles. The fraction of sp³-hybridized carbons (Fsp3) is 0.300. The van der Waals surface area contributed by atoms with Crippen molar-refractivity contribution in [3.63, 3.8) is 0 Å². The summed E-state index contributed by atoms with van der Waals surface area (Å²) in [6, 6.07) is 3.55. The first-order valence-electron chi connectivity index (χ1n) is 4.59. The molecule has 1 amide bonds. The summed E-state index contributed by atoms with van der Waals surface area (Å²) < 4.78 is 30.4. The van der Waals surface area contributed by atoms with Gasteiger partial charge in [0.1, 0.15) is 0 Å². The summed E-state index contributed by atoms with van der Waals surface area (Å²) in [6.45, 7) is 0. The lowest BCUT2D eigenvalue weighted by atomic mass is 10.3. The molecule has 1 fully saturated rings. The van der Waals surface area contributed by atoms with Crippen molar-refractivity contribution < 1.29 is 18.3 Å². The van der Waals surface area contributed by atoms with E-state index >= 15 is 0 Å². The Morgan fingerprint density at radius 3 is 2.80 bits per heavy atom. The number of rotatable bonds is 2. The van der Waals surface area contributed by atoms with Gasteiger partial charge in [-0.05, 0) is 25.0 Å². The zero-order valence-electron chi connectivity index (χ0n) is 7.80. The van der Waals surface area contributed by atoms with Gasteiger partial charge in [0.15, 0.2) is 11.6 Å². The van der Waals surface area contributed by atoms with Gasteiger partial charge in [-0.15, -0.1) is 0 Å². The molecule has 0 bridgehead atoms. The molecule has 1 aromatic rings. The lowest BCUT2D eigenvalue weighted by Crippen LogP contribution is -2.28. The van der Waals surface area contributed by atoms with E-state index in [9.17, 15) is 13.6 Å². The lowest BCUT2D eigenvalue weighted by Gasteiger charge is -2.06. The Morgan fingerprint density at radius 2 is 2.13 bits per heavy atom. The second-order valence-electron chi connectivity index (χ2n) is 3.36. The number of nitrogens with one attached hydrogen (secondary N) is 1. The van der Waals surface area contributed by atoms with E-state index in [2.05, 4.69) is 10.1 Å². The Morgan fingerprint density at radius 1 is 1.40 bits per heavy atom. The molecule has 1 aliphatic rings. The first-order valence-corrected chi connectivity index (χ1v) is 4.59. The summed E-state index contributed by atoms with van der Waals surface area (Å²) in [4.78, 5) is 11.1. The van der Waals surface area contributed by atoms with Crippen LogP contribution in [0.15, 0.2) is 18.2 Å². The highest BCUT2D eigenvalue weighted by molar-refractivity contribution is 5.71. The van der Waals surface area contributed by atoms with Crippen LogP contribution in [0.5, 0.6) is 5.75 Å². The third kappa shape index (κ3) is 2.43. The molecule has 15 heavy (non-hydrogen) atoms. The normalized spacial score (nSPS) is 14.8. The first-order chi connectivity index (χ1) is 7.16. The minimum atomic E-state index is -1.15. The number of benzene rings is 1. The van der Waals surface area contributed by atoms with Gasteiger partial charge in [0.05, 0.1) is 0 Å². The molecule has 1 N–H and O–H groups in total. The largest absolute Gasteiger partial charge is 0.412 e. The molecular formula is C10H9F2NO2. The zero-order chi connectivity index (χ0) is 10.8. The Hall–Kier alpha value is -1.65. The highest BCUT2D eigenvalue weighted by Gasteiger charge is 2.24. The van der Waals surface area contributed by atoms with Crippen molar-refractivity contribution in [3.05, 3.63) is 29.8 Å². The van der Waals surface area contributed by atoms with Gasteiger partial charge in [-0.1, -0.05) is 6.07 Å². The smallest absolute Gasteiger partial charge is 0.407 e. The van der Waals surface area contributed by atoms with Gasteiger partial charge in [-0.3, -0.25) is 0 Å². The van der Waals surface area contributed by atoms with Crippen molar-refractivity contribution in [2.75, 3.05) is 0 Å². The van der Waals surface area contributed by atoms with Gasteiger partial charge in [-0.2, -0.15) is 4.39 Å². The Kier molecular flexibility index (Phi) is 2.53. The fourth-order valence-electron chi connectivity index (χ4n) is 1.09. The Labute approximate surface area is 85.0 Å². The van der Waals surface area contributed by atoms with Crippen molar-refractivity contribution in [2.45, 2.75) is 18.9 Å². The highest BCUT2D eigenvalue weighted by Crippen LogP contribution is 2.21. The van der Waals surface area contributed by atoms with E-state index in [1.165, 1.54) is 12.1 Å². The quantitative estimate of drug-likeness (QED) is 0.817. The topological polar surface area (TPSA) is 38.3 Å². The number of hydrogen-bond acceptors (Lipinski definition) is 2. The number of ether oxygens (including phenoxy) is 1. The molecular weight excluding hydrogens is 204 g/mol. The molecule has 1 aromatic carbocycles. The predicted molar refractivity (Wildman–Crippen MR) is 48.5 cm³/mol. The van der Waals surface area contributed by atoms with Crippen LogP contribution in [0.25, 0.3) is 0 Å². The summed E-state index contributed by atoms with van der Waals surface area (Å²) in [5, 5.41) is 2.50. The SMILES string of the molecule is O=C(NC1CC1)Oc1cccc(F)c1F. The Balaban J connectivity index is 2.02. The van der Waals surface area contributed by atoms with Crippen molar-refractivity contribution in [2.24, 2.45) is 0 Å². The maximum absolute atomic E-state index is 13.0. The molecule has 5 heteroatoms. The monoisotopic (exact) mass is 213 g/mol. The van der Waals surface area contributed by atoms with E-state index in [4.69, 9.17) is 0 Å². The molecule has 1 aliphatic carbocycles. The predicted octanol–water partition coefficient (Wildman–Crippen LogP) is 2.22. The summed E-state index contributed by atoms with van der Waals surface area (Å²) in [6.07, 6.45) is 1.06. The Bertz CT molecular complexity index is 391. The molecule has 0 spiro atoms. The van der Waals surface area contributed by atoms with Gasteiger partial charge >= 0.3 is 6.09 Å². The third-order valence-corrected chi connectivity index (χ3v) is 2.02. The van der Waals surface area contributed by atoms with E-state index in [0.717, 1.165) is 18.9 Å². The minimum Gasteiger partial charge on any atom is -0.407 e. The first kappa shape index (κ1) is 9.89. The standard InChI is InChI=1S/C10H9F2NO2/c11-7-2-1-3-8(9(7)12)15-10(14)13-6-4-5-6/h1-3,6H,4-5H2,(H,13,14). The average Bonchev–Trinajstić information content (AvgIpc) is 2.97. The molecule has 3 nitrogen and oxygen atoms in total. The van der Waals surface area contributed by atoms with E-state index in [-0.39, 0.29) is 6.04 Å². The van der Waals surface area contributed by atoms with E-state index in [1.807, 2.05) is 0 Å². The molecule has 1 saturated carbocycles. The van der Waals surface area contributed by atoms with Gasteiger partial charge in [0.2, 0.25) is 5.82 Å². The molecule has 0 aromatic heterocycles. The highest BCUT2D eigenvalue weighted by atomic mass is 19.2. The zero-order valence-corrected chi connectivity index (χ0v) is 7.80. The fourth-order valence-corrected chi connectivity index (χ4v) is 1.09. The maximum Gasteiger partial charge on any atom is 0.412 e. The number of carbonyl (C=O) groups is 1. The van der Waals surface area contributed by atoms with Crippen LogP contribution in [0, 0.1) is 11.6 Å². The van der Waals surface area contributed by atoms with Gasteiger partial charge in [0, 0.05) is 6.04 Å². The maximum atomic E-state index is 13.0. The van der Waals surface area contributed by atoms with E-state index in [1.54, 1.807) is 0 Å². The van der Waals surface area contributed by atoms with Crippen LogP contribution >= 0.6 is 0 Å². The summed E-state index contributed by atoms with van der Waals surface area (Å²) >= 11 is 0. The molecule has 80 valence electrons. The van der Waals surface area contributed by atoms with Gasteiger partial charge in [0.25, 0.3) is 0 Å². The minimum absolute atomic E-state index is 0.120. The van der Waals surface area contributed by atoms with Crippen LogP contribution in [0.2, 0.25) is 0 Å². The lowest BCUT2D eigenvalue weighted by molar-refractivity contribution is 0.197. The van der Waals surface area contributed by atoms with Crippen molar-refractivity contribution >= 4 is 6.09 Å². The van der Waals surface area contributed by atoms with Crippen LogP contribution in [0.1, 0.15) is 12.8 Å². The molecule has 0 unspecified atom stereocenters. The number of halogens is 2. The average molecular weight is 213 g/mol. The van der Waals surface area contributed by atoms with E-state index in [0.29, 0.717) is 0 Å². The molecule has 0 aliphatic heterocycles. The van der Waals surface area contributed by atoms with Gasteiger partial charge in [-0.25, -0.2) is 9.18 Å². The van der Waals surface area contributed by atoms with Crippen molar-refractivity contribution in [3.8, 4) is 5.75 Å². The van der Waals surface area contributed by atoms with E-state index < -0.39 is 23.5 Å². The molecule has 0 radical (unpaired) electrons. The van der Waals surface area contributed by atoms with Crippen LogP contribution in [0.3, 0.4) is 0 Å². The number of amides is 1. The molecule has 0 saturated heterocycles. The summed E-state index contributed by atoms with van der Waals surface area (Å²) in [5.41, 5.74) is 0. The molecule has 2 rings (SSSR count). The second kappa shape index (κ2) is 3.84. The summed E-state index contributed by atoms with van der Waals surface area (Å²) in [7, 11) is 0. The van der Waals surface area contributed by atoms with Crippen LogP contribution in [-0.2, 0) is 0 Å². The number of carbonyl (C=O) groups excluding carboxylic acids is 1.